The number of ether oxygens (including phenoxy) is 1. The lowest BCUT2D eigenvalue weighted by atomic mass is 10.1. The van der Waals surface area contributed by atoms with Crippen LogP contribution in [-0.2, 0) is 11.3 Å². The van der Waals surface area contributed by atoms with Crippen LogP contribution in [0.15, 0.2) is 76.9 Å². The van der Waals surface area contributed by atoms with Crippen LogP contribution < -0.4 is 5.56 Å². The minimum Gasteiger partial charge on any atom is -0.369 e. The van der Waals surface area contributed by atoms with E-state index < -0.39 is 11.4 Å². The first-order valence-electron chi connectivity index (χ1n) is 10.4. The molecular formula is C25H25F2N3O2S. The topological polar surface area (TPSA) is 67.9 Å². The minimum atomic E-state index is -0.865. The van der Waals surface area contributed by atoms with Gasteiger partial charge in [0.1, 0.15) is 5.82 Å². The summed E-state index contributed by atoms with van der Waals surface area (Å²) in [4.78, 5) is 22.6. The maximum atomic E-state index is 14.0. The molecule has 3 aromatic rings. The van der Waals surface area contributed by atoms with Crippen molar-refractivity contribution in [1.29, 1.82) is 0 Å². The third-order valence-electron chi connectivity index (χ3n) is 4.94. The van der Waals surface area contributed by atoms with E-state index in [1.54, 1.807) is 30.3 Å². The van der Waals surface area contributed by atoms with Crippen LogP contribution in [-0.4, -0.2) is 26.8 Å². The van der Waals surface area contributed by atoms with Crippen LogP contribution >= 0.6 is 11.8 Å². The van der Waals surface area contributed by atoms with Crippen LogP contribution in [0.2, 0.25) is 0 Å². The Bertz CT molecular complexity index is 1210. The van der Waals surface area contributed by atoms with E-state index in [-0.39, 0.29) is 18.5 Å². The highest BCUT2D eigenvalue weighted by Crippen LogP contribution is 2.24. The summed E-state index contributed by atoms with van der Waals surface area (Å²) >= 11 is 1.44. The van der Waals surface area contributed by atoms with Gasteiger partial charge in [0.25, 0.3) is 5.56 Å². The molecule has 0 amide bonds. The highest BCUT2D eigenvalue weighted by atomic mass is 32.2. The first-order chi connectivity index (χ1) is 15.9. The summed E-state index contributed by atoms with van der Waals surface area (Å²) in [5.74, 6) is -0.530. The van der Waals surface area contributed by atoms with E-state index in [0.717, 1.165) is 17.3 Å². The van der Waals surface area contributed by atoms with E-state index in [1.807, 2.05) is 19.9 Å². The van der Waals surface area contributed by atoms with Crippen molar-refractivity contribution in [3.05, 3.63) is 100 Å². The molecule has 1 atom stereocenters. The van der Waals surface area contributed by atoms with E-state index in [0.29, 0.717) is 34.2 Å². The fourth-order valence-corrected chi connectivity index (χ4v) is 4.09. The van der Waals surface area contributed by atoms with Gasteiger partial charge >= 0.3 is 0 Å². The number of benzene rings is 1. The molecule has 0 fully saturated rings. The average molecular weight is 470 g/mol. The van der Waals surface area contributed by atoms with Gasteiger partial charge in [0.05, 0.1) is 18.4 Å². The standard InChI is InChI=1S/C25H25F2N3O2S/c1-4-17(5-2)23(32-15-18-8-6-7-9-20(18)26)10-11-33-25-29-16(3)12-22(30-25)19-13-21(27)24(31)28-14-19/h4-9,12-14,23H,1,10-11,15H2,2-3H3,(H,28,31)/b17-5+. The Labute approximate surface area is 195 Å². The van der Waals surface area contributed by atoms with Gasteiger partial charge in [-0.1, -0.05) is 48.7 Å². The van der Waals surface area contributed by atoms with Crippen LogP contribution in [0.1, 0.15) is 24.6 Å². The number of thioether (sulfide) groups is 1. The van der Waals surface area contributed by atoms with Crippen molar-refractivity contribution in [3.63, 3.8) is 0 Å². The monoisotopic (exact) mass is 469 g/mol. The van der Waals surface area contributed by atoms with Crippen molar-refractivity contribution < 1.29 is 13.5 Å². The molecule has 0 spiro atoms. The molecule has 0 saturated carbocycles. The van der Waals surface area contributed by atoms with Crippen LogP contribution in [0.5, 0.6) is 0 Å². The van der Waals surface area contributed by atoms with E-state index in [2.05, 4.69) is 21.5 Å². The summed E-state index contributed by atoms with van der Waals surface area (Å²) in [7, 11) is 0. The summed E-state index contributed by atoms with van der Waals surface area (Å²) in [5, 5.41) is 0.532. The van der Waals surface area contributed by atoms with E-state index in [1.165, 1.54) is 24.0 Å². The largest absolute Gasteiger partial charge is 0.369 e. The third-order valence-corrected chi connectivity index (χ3v) is 5.82. The Hall–Kier alpha value is -3.10. The highest BCUT2D eigenvalue weighted by Gasteiger charge is 2.15. The van der Waals surface area contributed by atoms with Gasteiger partial charge in [-0.05, 0) is 44.0 Å². The number of pyridine rings is 1. The van der Waals surface area contributed by atoms with Crippen molar-refractivity contribution in [2.45, 2.75) is 38.1 Å². The molecule has 0 saturated heterocycles. The van der Waals surface area contributed by atoms with Gasteiger partial charge in [-0.25, -0.2) is 18.7 Å². The van der Waals surface area contributed by atoms with Crippen LogP contribution in [0.4, 0.5) is 8.78 Å². The molecule has 1 N–H and O–H groups in total. The van der Waals surface area contributed by atoms with Gasteiger partial charge < -0.3 is 9.72 Å². The lowest BCUT2D eigenvalue weighted by Crippen LogP contribution is -2.16. The number of aromatic amines is 1. The zero-order chi connectivity index (χ0) is 23.8. The molecule has 0 bridgehead atoms. The van der Waals surface area contributed by atoms with Crippen LogP contribution in [0, 0.1) is 18.6 Å². The minimum absolute atomic E-state index is 0.149. The van der Waals surface area contributed by atoms with Gasteiger partial charge in [-0.15, -0.1) is 0 Å². The molecule has 172 valence electrons. The fourth-order valence-electron chi connectivity index (χ4n) is 3.20. The lowest BCUT2D eigenvalue weighted by Gasteiger charge is -2.19. The van der Waals surface area contributed by atoms with Crippen molar-refractivity contribution in [2.75, 3.05) is 5.75 Å². The molecule has 5 nitrogen and oxygen atoms in total. The smallest absolute Gasteiger partial charge is 0.283 e. The van der Waals surface area contributed by atoms with Crippen molar-refractivity contribution >= 4 is 11.8 Å². The number of nitrogens with zero attached hydrogens (tertiary/aromatic N) is 2. The van der Waals surface area contributed by atoms with Crippen LogP contribution in [0.3, 0.4) is 0 Å². The normalized spacial score (nSPS) is 12.5. The van der Waals surface area contributed by atoms with Crippen molar-refractivity contribution in [2.24, 2.45) is 0 Å². The highest BCUT2D eigenvalue weighted by molar-refractivity contribution is 7.99. The third kappa shape index (κ3) is 6.69. The summed E-state index contributed by atoms with van der Waals surface area (Å²) in [6, 6.07) is 9.42. The summed E-state index contributed by atoms with van der Waals surface area (Å²) in [5.41, 5.74) is 2.35. The Kier molecular flexibility index (Phi) is 8.68. The maximum absolute atomic E-state index is 14.0. The number of aryl methyl sites for hydroxylation is 1. The number of rotatable bonds is 10. The number of aromatic nitrogens is 3. The molecular weight excluding hydrogens is 444 g/mol. The van der Waals surface area contributed by atoms with Gasteiger partial charge in [0.15, 0.2) is 11.0 Å². The van der Waals surface area contributed by atoms with Gasteiger partial charge in [0, 0.05) is 28.8 Å². The average Bonchev–Trinajstić information content (AvgIpc) is 2.80. The molecule has 0 aliphatic carbocycles. The number of allylic oxidation sites excluding steroid dienone is 1. The molecule has 1 aromatic carbocycles. The van der Waals surface area contributed by atoms with Crippen molar-refractivity contribution in [1.82, 2.24) is 15.0 Å². The molecule has 0 radical (unpaired) electrons. The fraction of sp³-hybridized carbons (Fsp3) is 0.240. The van der Waals surface area contributed by atoms with E-state index in [9.17, 15) is 13.6 Å². The first kappa shape index (κ1) is 24.5. The SMILES string of the molecule is C=C/C(=C\C)C(CCSc1nc(C)cc(-c2c[nH]c(=O)c(F)c2)n1)OCc1ccccc1F. The number of halogens is 2. The molecule has 0 aliphatic heterocycles. The predicted octanol–water partition coefficient (Wildman–Crippen LogP) is 5.62. The second kappa shape index (κ2) is 11.7. The molecule has 2 heterocycles. The second-order valence-electron chi connectivity index (χ2n) is 7.26. The number of nitrogens with one attached hydrogen (secondary N) is 1. The molecule has 3 rings (SSSR count). The zero-order valence-corrected chi connectivity index (χ0v) is 19.3. The first-order valence-corrected chi connectivity index (χ1v) is 11.4. The number of H-pyrrole nitrogens is 1. The van der Waals surface area contributed by atoms with E-state index in [4.69, 9.17) is 4.74 Å². The maximum Gasteiger partial charge on any atom is 0.283 e. The second-order valence-corrected chi connectivity index (χ2v) is 8.33. The quantitative estimate of drug-likeness (QED) is 0.237. The molecule has 8 heteroatoms. The Balaban J connectivity index is 1.69. The van der Waals surface area contributed by atoms with E-state index >= 15 is 0 Å². The van der Waals surface area contributed by atoms with Gasteiger partial charge in [-0.2, -0.15) is 0 Å². The lowest BCUT2D eigenvalue weighted by molar-refractivity contribution is 0.0632. The summed E-state index contributed by atoms with van der Waals surface area (Å²) < 4.78 is 33.7. The number of hydrogen-bond acceptors (Lipinski definition) is 5. The molecule has 33 heavy (non-hydrogen) atoms. The molecule has 0 aliphatic rings. The predicted molar refractivity (Wildman–Crippen MR) is 127 cm³/mol. The Morgan fingerprint density at radius 1 is 1.24 bits per heavy atom. The van der Waals surface area contributed by atoms with Crippen molar-refractivity contribution in [3.8, 4) is 11.3 Å². The number of hydrogen-bond donors (Lipinski definition) is 1. The molecule has 1 unspecified atom stereocenters. The van der Waals surface area contributed by atoms with Crippen LogP contribution in [0.25, 0.3) is 11.3 Å². The summed E-state index contributed by atoms with van der Waals surface area (Å²) in [6.07, 6.45) is 5.46. The Morgan fingerprint density at radius 3 is 2.73 bits per heavy atom. The summed E-state index contributed by atoms with van der Waals surface area (Å²) in [6.45, 7) is 7.73. The molecule has 2 aromatic heterocycles. The van der Waals surface area contributed by atoms with Gasteiger partial charge in [0.2, 0.25) is 0 Å². The van der Waals surface area contributed by atoms with Gasteiger partial charge in [-0.3, -0.25) is 4.79 Å². The zero-order valence-electron chi connectivity index (χ0n) is 18.5. The Morgan fingerprint density at radius 2 is 2.03 bits per heavy atom.